The molecule has 4 aliphatic rings. The summed E-state index contributed by atoms with van der Waals surface area (Å²) in [4.78, 5) is 17.6. The minimum atomic E-state index is -1.42. The molecule has 4 heterocycles. The monoisotopic (exact) mass is 356 g/mol. The third-order valence-electron chi connectivity index (χ3n) is 7.04. The van der Waals surface area contributed by atoms with E-state index in [1.54, 1.807) is 0 Å². The molecule has 4 saturated heterocycles. The van der Waals surface area contributed by atoms with Crippen LogP contribution in [0.15, 0.2) is 0 Å². The lowest BCUT2D eigenvalue weighted by Gasteiger charge is -2.69. The number of aliphatic hydroxyl groups is 4. The number of Topliss-reactive ketones (excluding diaryl/α,β-unsaturated/α-hetero) is 1. The second kappa shape index (κ2) is 6.25. The summed E-state index contributed by atoms with van der Waals surface area (Å²) in [6.45, 7) is 9.99. The summed E-state index contributed by atoms with van der Waals surface area (Å²) in [5.41, 5.74) is -0.894. The normalized spacial score (nSPS) is 43.8. The molecule has 25 heavy (non-hydrogen) atoms. The van der Waals surface area contributed by atoms with Crippen LogP contribution < -0.4 is 0 Å². The fraction of sp³-hybridized carbons (Fsp3) is 0.944. The number of nitrogens with zero attached hydrogens (tertiary/aromatic N) is 2. The Morgan fingerprint density at radius 2 is 1.36 bits per heavy atom. The van der Waals surface area contributed by atoms with E-state index < -0.39 is 41.9 Å². The van der Waals surface area contributed by atoms with Gasteiger partial charge in [0.25, 0.3) is 0 Å². The van der Waals surface area contributed by atoms with Crippen LogP contribution in [0.2, 0.25) is 0 Å². The smallest absolute Gasteiger partial charge is 0.150 e. The zero-order valence-electron chi connectivity index (χ0n) is 15.6. The van der Waals surface area contributed by atoms with Crippen molar-refractivity contribution in [1.82, 2.24) is 9.80 Å². The highest BCUT2D eigenvalue weighted by Crippen LogP contribution is 2.54. The summed E-state index contributed by atoms with van der Waals surface area (Å²) < 4.78 is 0. The van der Waals surface area contributed by atoms with Crippen LogP contribution in [0.25, 0.3) is 0 Å². The van der Waals surface area contributed by atoms with Gasteiger partial charge in [-0.15, -0.1) is 0 Å². The number of hydrogen-bond acceptors (Lipinski definition) is 7. The molecule has 7 heteroatoms. The lowest BCUT2D eigenvalue weighted by Crippen LogP contribution is -2.83. The second-order valence-corrected chi connectivity index (χ2v) is 8.91. The summed E-state index contributed by atoms with van der Waals surface area (Å²) in [5.74, 6) is 0.728. The number of ketones is 1. The van der Waals surface area contributed by atoms with Gasteiger partial charge in [-0.05, 0) is 11.8 Å². The topological polar surface area (TPSA) is 104 Å². The van der Waals surface area contributed by atoms with Crippen molar-refractivity contribution >= 4 is 5.78 Å². The van der Waals surface area contributed by atoms with Gasteiger partial charge in [0.05, 0.1) is 23.6 Å². The van der Waals surface area contributed by atoms with Gasteiger partial charge in [-0.3, -0.25) is 14.6 Å². The van der Waals surface area contributed by atoms with Crippen LogP contribution in [-0.2, 0) is 4.79 Å². The first-order chi connectivity index (χ1) is 11.6. The van der Waals surface area contributed by atoms with Crippen molar-refractivity contribution in [2.75, 3.05) is 32.8 Å². The third kappa shape index (κ3) is 2.51. The maximum absolute atomic E-state index is 13.4. The molecule has 4 N–H and O–H groups in total. The molecule has 0 amide bonds. The van der Waals surface area contributed by atoms with Crippen LogP contribution in [0.1, 0.15) is 27.7 Å². The van der Waals surface area contributed by atoms with E-state index in [2.05, 4.69) is 37.5 Å². The highest BCUT2D eigenvalue weighted by Gasteiger charge is 2.68. The van der Waals surface area contributed by atoms with Gasteiger partial charge in [0.2, 0.25) is 0 Å². The predicted molar refractivity (Wildman–Crippen MR) is 91.6 cm³/mol. The van der Waals surface area contributed by atoms with Gasteiger partial charge < -0.3 is 20.4 Å². The zero-order valence-corrected chi connectivity index (χ0v) is 15.6. The average Bonchev–Trinajstić information content (AvgIpc) is 2.55. The molecule has 3 atom stereocenters. The van der Waals surface area contributed by atoms with Crippen LogP contribution >= 0.6 is 0 Å². The summed E-state index contributed by atoms with van der Waals surface area (Å²) in [6.07, 6.45) is -4.45. The van der Waals surface area contributed by atoms with Crippen molar-refractivity contribution < 1.29 is 25.2 Å². The van der Waals surface area contributed by atoms with Gasteiger partial charge in [0.1, 0.15) is 18.3 Å². The highest BCUT2D eigenvalue weighted by atomic mass is 16.4. The Kier molecular flexibility index (Phi) is 4.80. The summed E-state index contributed by atoms with van der Waals surface area (Å²) in [7, 11) is 0. The first-order valence-corrected chi connectivity index (χ1v) is 9.29. The Labute approximate surface area is 149 Å². The van der Waals surface area contributed by atoms with Crippen molar-refractivity contribution in [2.45, 2.75) is 52.2 Å². The molecule has 0 spiro atoms. The largest absolute Gasteiger partial charge is 0.394 e. The number of aliphatic hydroxyl groups excluding tert-OH is 4. The van der Waals surface area contributed by atoms with Crippen LogP contribution in [0.4, 0.5) is 0 Å². The number of carbonyl (C=O) groups excluding carboxylic acids is 1. The lowest BCUT2D eigenvalue weighted by molar-refractivity contribution is -0.242. The first kappa shape index (κ1) is 19.2. The van der Waals surface area contributed by atoms with E-state index in [9.17, 15) is 20.1 Å². The minimum Gasteiger partial charge on any atom is -0.394 e. The number of piperidine rings is 2. The molecule has 0 aliphatic carbocycles. The van der Waals surface area contributed by atoms with Crippen molar-refractivity contribution in [1.29, 1.82) is 0 Å². The molecular formula is C18H32N2O5. The predicted octanol–water partition coefficient (Wildman–Crippen LogP) is -1.11. The Morgan fingerprint density at radius 3 is 1.68 bits per heavy atom. The number of carbonyl (C=O) groups is 1. The zero-order chi connectivity index (χ0) is 18.7. The van der Waals surface area contributed by atoms with Gasteiger partial charge in [-0.2, -0.15) is 0 Å². The Morgan fingerprint density at radius 1 is 0.960 bits per heavy atom. The molecule has 4 rings (SSSR count). The van der Waals surface area contributed by atoms with E-state index in [4.69, 9.17) is 5.11 Å². The molecule has 4 bridgehead atoms. The van der Waals surface area contributed by atoms with E-state index in [0.29, 0.717) is 32.0 Å². The Balaban J connectivity index is 1.95. The van der Waals surface area contributed by atoms with Crippen LogP contribution in [0, 0.1) is 22.7 Å². The van der Waals surface area contributed by atoms with E-state index in [-0.39, 0.29) is 11.8 Å². The number of hydrogen-bond donors (Lipinski definition) is 4. The minimum absolute atomic E-state index is 0.190. The molecule has 0 aromatic heterocycles. The summed E-state index contributed by atoms with van der Waals surface area (Å²) >= 11 is 0. The second-order valence-electron chi connectivity index (χ2n) is 8.91. The van der Waals surface area contributed by atoms with E-state index in [1.165, 1.54) is 0 Å². The molecule has 0 saturated carbocycles. The summed E-state index contributed by atoms with van der Waals surface area (Å²) in [6, 6.07) is 0. The van der Waals surface area contributed by atoms with E-state index >= 15 is 0 Å². The van der Waals surface area contributed by atoms with Gasteiger partial charge in [-0.1, -0.05) is 27.7 Å². The SMILES string of the molecule is CC(C)C12CN3CC(C(C)C)(CN(C1)C3[C@H](O)[C@@H](O)[C@@H](O)CO)C2=O. The van der Waals surface area contributed by atoms with Crippen LogP contribution in [0.3, 0.4) is 0 Å². The molecular weight excluding hydrogens is 324 g/mol. The fourth-order valence-corrected chi connectivity index (χ4v) is 5.25. The highest BCUT2D eigenvalue weighted by molar-refractivity contribution is 5.94. The quantitative estimate of drug-likeness (QED) is 0.478. The Bertz CT molecular complexity index is 492. The van der Waals surface area contributed by atoms with Crippen molar-refractivity contribution in [3.05, 3.63) is 0 Å². The van der Waals surface area contributed by atoms with Gasteiger partial charge >= 0.3 is 0 Å². The van der Waals surface area contributed by atoms with Crippen molar-refractivity contribution in [3.8, 4) is 0 Å². The van der Waals surface area contributed by atoms with Crippen molar-refractivity contribution in [3.63, 3.8) is 0 Å². The Hall–Kier alpha value is -0.570. The van der Waals surface area contributed by atoms with Crippen molar-refractivity contribution in [2.24, 2.45) is 22.7 Å². The standard InChI is InChI=1S/C18H32N2O5/c1-10(2)17-6-19-8-18(11(3)4,16(17)25)9-20(7-17)15(19)14(24)13(23)12(22)5-21/h10-15,21-24H,5-9H2,1-4H3/t12-,13-,14+,15?,17?,18?/m0/s1. The average molecular weight is 356 g/mol. The maximum Gasteiger partial charge on any atom is 0.150 e. The van der Waals surface area contributed by atoms with Gasteiger partial charge in [0.15, 0.2) is 5.78 Å². The molecule has 0 aromatic carbocycles. The molecule has 7 nitrogen and oxygen atoms in total. The lowest BCUT2D eigenvalue weighted by atomic mass is 9.53. The number of rotatable bonds is 6. The molecule has 4 fully saturated rings. The van der Waals surface area contributed by atoms with Crippen LogP contribution in [0.5, 0.6) is 0 Å². The van der Waals surface area contributed by atoms with Crippen LogP contribution in [-0.4, -0.2) is 93.3 Å². The molecule has 0 unspecified atom stereocenters. The van der Waals surface area contributed by atoms with E-state index in [0.717, 1.165) is 0 Å². The fourth-order valence-electron chi connectivity index (χ4n) is 5.25. The molecule has 144 valence electrons. The molecule has 0 aromatic rings. The van der Waals surface area contributed by atoms with E-state index in [1.807, 2.05) is 0 Å². The third-order valence-corrected chi connectivity index (χ3v) is 7.04. The molecule has 4 aliphatic heterocycles. The summed E-state index contributed by atoms with van der Waals surface area (Å²) in [5, 5.41) is 39.7. The maximum atomic E-state index is 13.4. The van der Waals surface area contributed by atoms with Gasteiger partial charge in [0, 0.05) is 26.2 Å². The van der Waals surface area contributed by atoms with Gasteiger partial charge in [-0.25, -0.2) is 0 Å². The molecule has 0 radical (unpaired) electrons. The first-order valence-electron chi connectivity index (χ1n) is 9.29.